The van der Waals surface area contributed by atoms with Crippen molar-refractivity contribution in [1.82, 2.24) is 0 Å². The molecule has 0 radical (unpaired) electrons. The maximum atomic E-state index is 10.9. The number of carboxylic acids is 1. The summed E-state index contributed by atoms with van der Waals surface area (Å²) < 4.78 is 0. The Bertz CT molecular complexity index is 411. The first-order valence-corrected chi connectivity index (χ1v) is 3.77. The van der Waals surface area contributed by atoms with Gasteiger partial charge in [-0.25, -0.2) is 4.79 Å². The van der Waals surface area contributed by atoms with Crippen molar-refractivity contribution in [3.05, 3.63) is 39.8 Å². The molecule has 0 saturated carbocycles. The van der Waals surface area contributed by atoms with E-state index >= 15 is 0 Å². The van der Waals surface area contributed by atoms with Gasteiger partial charge in [0.2, 0.25) is 0 Å². The maximum Gasteiger partial charge on any atom is 0.335 e. The molecule has 1 aromatic rings. The molecule has 0 fully saturated rings. The molecule has 0 aliphatic heterocycles. The van der Waals surface area contributed by atoms with Crippen LogP contribution in [0.4, 0.5) is 0 Å². The SMILES string of the molecule is Cc1cc(C(=O)O)cc(C(=O)N=O)c1. The summed E-state index contributed by atoms with van der Waals surface area (Å²) in [7, 11) is 0. The molecular formula is C9H7NO4. The quantitative estimate of drug-likeness (QED) is 0.723. The minimum atomic E-state index is -1.14. The molecule has 0 atom stereocenters. The van der Waals surface area contributed by atoms with E-state index in [1.54, 1.807) is 6.92 Å². The number of hydrogen-bond donors (Lipinski definition) is 1. The smallest absolute Gasteiger partial charge is 0.335 e. The van der Waals surface area contributed by atoms with Crippen molar-refractivity contribution in [2.24, 2.45) is 5.18 Å². The van der Waals surface area contributed by atoms with Crippen molar-refractivity contribution >= 4 is 11.9 Å². The summed E-state index contributed by atoms with van der Waals surface area (Å²) >= 11 is 0. The Hall–Kier alpha value is -2.04. The molecule has 0 aromatic heterocycles. The van der Waals surface area contributed by atoms with Crippen LogP contribution in [-0.2, 0) is 0 Å². The molecule has 0 aliphatic carbocycles. The fourth-order valence-corrected chi connectivity index (χ4v) is 1.08. The first kappa shape index (κ1) is 10.0. The summed E-state index contributed by atoms with van der Waals surface area (Å²) in [4.78, 5) is 31.4. The monoisotopic (exact) mass is 193 g/mol. The van der Waals surface area contributed by atoms with Crippen LogP contribution in [0.3, 0.4) is 0 Å². The highest BCUT2D eigenvalue weighted by Crippen LogP contribution is 2.10. The third-order valence-electron chi connectivity index (χ3n) is 1.65. The van der Waals surface area contributed by atoms with Crippen molar-refractivity contribution in [3.8, 4) is 0 Å². The van der Waals surface area contributed by atoms with Gasteiger partial charge in [0.15, 0.2) is 0 Å². The lowest BCUT2D eigenvalue weighted by Gasteiger charge is -1.99. The molecule has 0 heterocycles. The predicted molar refractivity (Wildman–Crippen MR) is 48.3 cm³/mol. The van der Waals surface area contributed by atoms with Gasteiger partial charge >= 0.3 is 11.9 Å². The van der Waals surface area contributed by atoms with Crippen molar-refractivity contribution in [1.29, 1.82) is 0 Å². The third-order valence-corrected chi connectivity index (χ3v) is 1.65. The van der Waals surface area contributed by atoms with Crippen LogP contribution in [-0.4, -0.2) is 17.0 Å². The Morgan fingerprint density at radius 2 is 1.79 bits per heavy atom. The topological polar surface area (TPSA) is 83.8 Å². The Morgan fingerprint density at radius 3 is 2.29 bits per heavy atom. The first-order chi connectivity index (χ1) is 6.54. The Morgan fingerprint density at radius 1 is 1.21 bits per heavy atom. The van der Waals surface area contributed by atoms with Gasteiger partial charge in [-0.15, -0.1) is 4.91 Å². The van der Waals surface area contributed by atoms with Gasteiger partial charge < -0.3 is 5.11 Å². The van der Waals surface area contributed by atoms with Crippen molar-refractivity contribution < 1.29 is 14.7 Å². The largest absolute Gasteiger partial charge is 0.478 e. The van der Waals surface area contributed by atoms with Gasteiger partial charge in [-0.2, -0.15) is 0 Å². The summed E-state index contributed by atoms with van der Waals surface area (Å²) in [6.45, 7) is 1.63. The van der Waals surface area contributed by atoms with E-state index in [9.17, 15) is 14.5 Å². The molecule has 1 amide bonds. The van der Waals surface area contributed by atoms with Gasteiger partial charge in [0.05, 0.1) is 5.56 Å². The number of aryl methyl sites for hydroxylation is 1. The van der Waals surface area contributed by atoms with E-state index in [-0.39, 0.29) is 11.1 Å². The maximum absolute atomic E-state index is 10.9. The highest BCUT2D eigenvalue weighted by molar-refractivity contribution is 5.98. The lowest BCUT2D eigenvalue weighted by atomic mass is 10.1. The van der Waals surface area contributed by atoms with Gasteiger partial charge in [-0.3, -0.25) is 4.79 Å². The number of benzene rings is 1. The fourth-order valence-electron chi connectivity index (χ4n) is 1.08. The lowest BCUT2D eigenvalue weighted by molar-refractivity contribution is 0.0697. The minimum Gasteiger partial charge on any atom is -0.478 e. The normalized spacial score (nSPS) is 9.50. The fraction of sp³-hybridized carbons (Fsp3) is 0.111. The number of hydrogen-bond acceptors (Lipinski definition) is 3. The average Bonchev–Trinajstić information content (AvgIpc) is 2.15. The molecule has 1 rings (SSSR count). The van der Waals surface area contributed by atoms with Crippen LogP contribution in [0.2, 0.25) is 0 Å². The molecular weight excluding hydrogens is 186 g/mol. The van der Waals surface area contributed by atoms with Crippen LogP contribution in [0.15, 0.2) is 23.4 Å². The second kappa shape index (κ2) is 3.78. The predicted octanol–water partition coefficient (Wildman–Crippen LogP) is 1.60. The van der Waals surface area contributed by atoms with E-state index in [2.05, 4.69) is 5.18 Å². The molecule has 1 aromatic carbocycles. The van der Waals surface area contributed by atoms with E-state index in [0.717, 1.165) is 6.07 Å². The summed E-state index contributed by atoms with van der Waals surface area (Å²) in [5.41, 5.74) is 0.561. The average molecular weight is 193 g/mol. The van der Waals surface area contributed by atoms with Crippen LogP contribution < -0.4 is 0 Å². The number of rotatable bonds is 2. The van der Waals surface area contributed by atoms with Crippen LogP contribution in [0.1, 0.15) is 26.3 Å². The second-order valence-corrected chi connectivity index (χ2v) is 2.79. The van der Waals surface area contributed by atoms with Crippen molar-refractivity contribution in [2.45, 2.75) is 6.92 Å². The van der Waals surface area contributed by atoms with Crippen LogP contribution in [0.5, 0.6) is 0 Å². The highest BCUT2D eigenvalue weighted by Gasteiger charge is 2.10. The van der Waals surface area contributed by atoms with E-state index in [1.807, 2.05) is 0 Å². The zero-order valence-corrected chi connectivity index (χ0v) is 7.35. The number of carbonyl (C=O) groups is 2. The van der Waals surface area contributed by atoms with Crippen LogP contribution in [0.25, 0.3) is 0 Å². The lowest BCUT2D eigenvalue weighted by Crippen LogP contribution is -2.01. The Balaban J connectivity index is 3.26. The second-order valence-electron chi connectivity index (χ2n) is 2.79. The molecule has 5 nitrogen and oxygen atoms in total. The van der Waals surface area contributed by atoms with E-state index in [0.29, 0.717) is 5.56 Å². The minimum absolute atomic E-state index is 0.00241. The molecule has 0 bridgehead atoms. The highest BCUT2D eigenvalue weighted by atomic mass is 16.4. The van der Waals surface area contributed by atoms with Gasteiger partial charge in [0.25, 0.3) is 0 Å². The summed E-state index contributed by atoms with van der Waals surface area (Å²) in [6, 6.07) is 3.94. The number of carbonyl (C=O) groups excluding carboxylic acids is 1. The van der Waals surface area contributed by atoms with E-state index < -0.39 is 11.9 Å². The standard InChI is InChI=1S/C9H7NO4/c1-5-2-6(8(11)10-14)4-7(3-5)9(12)13/h2-4H,1H3,(H,12,13). The molecule has 0 aliphatic rings. The molecule has 72 valence electrons. The molecule has 1 N–H and O–H groups in total. The summed E-state index contributed by atoms with van der Waals surface area (Å²) in [5.74, 6) is -2.11. The molecule has 0 unspecified atom stereocenters. The number of nitroso groups, excluding NO2 is 1. The number of amides is 1. The van der Waals surface area contributed by atoms with Gasteiger partial charge in [0, 0.05) is 10.7 Å². The third kappa shape index (κ3) is 2.01. The molecule has 14 heavy (non-hydrogen) atoms. The van der Waals surface area contributed by atoms with Gasteiger partial charge in [-0.1, -0.05) is 0 Å². The Labute approximate surface area is 79.3 Å². The van der Waals surface area contributed by atoms with Gasteiger partial charge in [-0.05, 0) is 30.7 Å². The number of carboxylic acid groups (broad SMARTS) is 1. The van der Waals surface area contributed by atoms with Crippen molar-refractivity contribution in [2.75, 3.05) is 0 Å². The van der Waals surface area contributed by atoms with Crippen LogP contribution >= 0.6 is 0 Å². The van der Waals surface area contributed by atoms with Gasteiger partial charge in [0.1, 0.15) is 0 Å². The van der Waals surface area contributed by atoms with Crippen LogP contribution in [0, 0.1) is 11.8 Å². The molecule has 0 saturated heterocycles. The molecule has 0 spiro atoms. The summed E-state index contributed by atoms with van der Waals surface area (Å²) in [6.07, 6.45) is 0. The van der Waals surface area contributed by atoms with E-state index in [1.165, 1.54) is 12.1 Å². The molecule has 5 heteroatoms. The Kier molecular flexibility index (Phi) is 2.71. The van der Waals surface area contributed by atoms with Crippen molar-refractivity contribution in [3.63, 3.8) is 0 Å². The summed E-state index contributed by atoms with van der Waals surface area (Å²) in [5, 5.41) is 10.9. The number of aromatic carboxylic acids is 1. The number of nitrogens with zero attached hydrogens (tertiary/aromatic N) is 1. The zero-order valence-electron chi connectivity index (χ0n) is 7.35. The zero-order chi connectivity index (χ0) is 10.7. The van der Waals surface area contributed by atoms with E-state index in [4.69, 9.17) is 5.11 Å². The first-order valence-electron chi connectivity index (χ1n) is 3.77.